The number of carbonyl (C=O) groups is 2. The Bertz CT molecular complexity index is 1930. The summed E-state index contributed by atoms with van der Waals surface area (Å²) in [5, 5.41) is 4.59. The Morgan fingerprint density at radius 3 is 2.16 bits per heavy atom. The number of anilines is 1. The van der Waals surface area contributed by atoms with Gasteiger partial charge in [0.15, 0.2) is 0 Å². The lowest BCUT2D eigenvalue weighted by atomic mass is 10.1. The summed E-state index contributed by atoms with van der Waals surface area (Å²) in [6, 6.07) is 35.0. The van der Waals surface area contributed by atoms with Crippen LogP contribution in [0.1, 0.15) is 37.4 Å². The van der Waals surface area contributed by atoms with E-state index in [4.69, 9.17) is 16.3 Å². The molecule has 0 atom stereocenters. The van der Waals surface area contributed by atoms with E-state index in [0.29, 0.717) is 27.5 Å². The monoisotopic (exact) mass is 637 g/mol. The molecule has 8 nitrogen and oxygen atoms in total. The number of amides is 1. The molecule has 10 heteroatoms. The molecule has 0 aliphatic heterocycles. The molecule has 1 amide bonds. The van der Waals surface area contributed by atoms with Crippen molar-refractivity contribution in [3.05, 3.63) is 160 Å². The summed E-state index contributed by atoms with van der Waals surface area (Å²) in [7, 11) is -4.08. The van der Waals surface area contributed by atoms with E-state index in [2.05, 4.69) is 10.5 Å². The Balaban J connectivity index is 1.35. The van der Waals surface area contributed by atoms with Gasteiger partial charge in [0.25, 0.3) is 15.9 Å². The first-order chi connectivity index (χ1) is 21.7. The van der Waals surface area contributed by atoms with Crippen LogP contribution in [0, 0.1) is 6.92 Å². The Hall–Kier alpha value is -5.25. The maximum atomic E-state index is 14.0. The summed E-state index contributed by atoms with van der Waals surface area (Å²) < 4.78 is 34.5. The largest absolute Gasteiger partial charge is 0.423 e. The van der Waals surface area contributed by atoms with Crippen LogP contribution in [0.5, 0.6) is 5.75 Å². The summed E-state index contributed by atoms with van der Waals surface area (Å²) in [6.45, 7) is 1.83. The minimum absolute atomic E-state index is 0.0395. The zero-order chi connectivity index (χ0) is 31.8. The van der Waals surface area contributed by atoms with E-state index in [0.717, 1.165) is 5.56 Å². The second-order valence-electron chi connectivity index (χ2n) is 9.99. The molecule has 0 aromatic heterocycles. The molecule has 0 saturated carbocycles. The number of carbonyl (C=O) groups excluding carboxylic acids is 2. The summed E-state index contributed by atoms with van der Waals surface area (Å²) in [5.74, 6) is -0.720. The predicted octanol–water partition coefficient (Wildman–Crippen LogP) is 7.03. The van der Waals surface area contributed by atoms with Crippen molar-refractivity contribution in [3.63, 3.8) is 0 Å². The zero-order valence-electron chi connectivity index (χ0n) is 24.1. The number of rotatable bonds is 10. The van der Waals surface area contributed by atoms with Gasteiger partial charge in [-0.25, -0.2) is 18.6 Å². The second-order valence-corrected chi connectivity index (χ2v) is 12.3. The van der Waals surface area contributed by atoms with E-state index in [-0.39, 0.29) is 22.7 Å². The Morgan fingerprint density at radius 1 is 0.822 bits per heavy atom. The van der Waals surface area contributed by atoms with E-state index in [1.807, 2.05) is 13.0 Å². The number of nitrogens with zero attached hydrogens (tertiary/aromatic N) is 2. The minimum atomic E-state index is -4.08. The number of benzene rings is 5. The highest BCUT2D eigenvalue weighted by Crippen LogP contribution is 2.30. The fraction of sp³-hybridized carbons (Fsp3) is 0.0571. The Labute approximate surface area is 266 Å². The van der Waals surface area contributed by atoms with Gasteiger partial charge in [0.2, 0.25) is 0 Å². The number of para-hydroxylation sites is 1. The van der Waals surface area contributed by atoms with Crippen LogP contribution in [0.3, 0.4) is 0 Å². The third-order valence-corrected chi connectivity index (χ3v) is 8.77. The van der Waals surface area contributed by atoms with Crippen molar-refractivity contribution in [2.75, 3.05) is 4.31 Å². The highest BCUT2D eigenvalue weighted by atomic mass is 35.5. The molecule has 0 aliphatic rings. The van der Waals surface area contributed by atoms with Crippen LogP contribution in [-0.2, 0) is 16.6 Å². The topological polar surface area (TPSA) is 105 Å². The number of esters is 1. The molecule has 0 unspecified atom stereocenters. The van der Waals surface area contributed by atoms with Crippen molar-refractivity contribution in [3.8, 4) is 5.75 Å². The molecule has 0 spiro atoms. The first kappa shape index (κ1) is 31.2. The zero-order valence-corrected chi connectivity index (χ0v) is 25.7. The van der Waals surface area contributed by atoms with Gasteiger partial charge in [0.05, 0.1) is 34.5 Å². The molecule has 5 aromatic rings. The number of nitrogens with one attached hydrogen (secondary N) is 1. The first-order valence-corrected chi connectivity index (χ1v) is 15.7. The first-order valence-electron chi connectivity index (χ1n) is 13.8. The Morgan fingerprint density at radius 2 is 1.47 bits per heavy atom. The van der Waals surface area contributed by atoms with Gasteiger partial charge in [-0.05, 0) is 90.8 Å². The van der Waals surface area contributed by atoms with Crippen molar-refractivity contribution >= 4 is 45.4 Å². The molecule has 5 aromatic carbocycles. The van der Waals surface area contributed by atoms with E-state index in [9.17, 15) is 18.0 Å². The third kappa shape index (κ3) is 7.83. The fourth-order valence-electron chi connectivity index (χ4n) is 4.36. The molecule has 0 aliphatic carbocycles. The smallest absolute Gasteiger partial charge is 0.343 e. The second kappa shape index (κ2) is 14.0. The van der Waals surface area contributed by atoms with E-state index in [1.165, 1.54) is 16.6 Å². The van der Waals surface area contributed by atoms with Gasteiger partial charge in [0.1, 0.15) is 5.75 Å². The normalized spacial score (nSPS) is 11.2. The summed E-state index contributed by atoms with van der Waals surface area (Å²) in [4.78, 5) is 25.7. The van der Waals surface area contributed by atoms with Gasteiger partial charge in [0, 0.05) is 5.02 Å². The van der Waals surface area contributed by atoms with Crippen LogP contribution < -0.4 is 14.5 Å². The highest BCUT2D eigenvalue weighted by Gasteiger charge is 2.28. The van der Waals surface area contributed by atoms with Crippen LogP contribution in [-0.4, -0.2) is 26.5 Å². The molecule has 1 N–H and O–H groups in total. The standard InChI is InChI=1S/C35H28ClN3O5S/c1-25-11-21-31(22-12-25)45(42,43)39(24-27-13-17-29(36)18-14-27)33-10-6-5-9-32(33)34(40)38-37-23-26-15-19-30(20-16-26)44-35(41)28-7-3-2-4-8-28/h2-23H,24H2,1H3,(H,38,40)/b37-23-. The van der Waals surface area contributed by atoms with Crippen LogP contribution in [0.15, 0.2) is 137 Å². The molecular formula is C35H28ClN3O5S. The third-order valence-electron chi connectivity index (χ3n) is 6.75. The van der Waals surface area contributed by atoms with E-state index >= 15 is 0 Å². The van der Waals surface area contributed by atoms with Crippen molar-refractivity contribution in [2.24, 2.45) is 5.10 Å². The van der Waals surface area contributed by atoms with Crippen molar-refractivity contribution in [1.29, 1.82) is 0 Å². The van der Waals surface area contributed by atoms with Gasteiger partial charge >= 0.3 is 5.97 Å². The van der Waals surface area contributed by atoms with Crippen LogP contribution >= 0.6 is 11.6 Å². The number of halogens is 1. The quantitative estimate of drug-likeness (QED) is 0.0766. The fourth-order valence-corrected chi connectivity index (χ4v) is 5.96. The van der Waals surface area contributed by atoms with Crippen molar-refractivity contribution in [2.45, 2.75) is 18.4 Å². The molecule has 0 fully saturated rings. The van der Waals surface area contributed by atoms with Crippen molar-refractivity contribution in [1.82, 2.24) is 5.43 Å². The number of hydrogen-bond acceptors (Lipinski definition) is 6. The average molecular weight is 638 g/mol. The van der Waals surface area contributed by atoms with Crippen LogP contribution in [0.2, 0.25) is 5.02 Å². The SMILES string of the molecule is Cc1ccc(S(=O)(=O)N(Cc2ccc(Cl)cc2)c2ccccc2C(=O)N/N=C\c2ccc(OC(=O)c3ccccc3)cc2)cc1. The number of hydrazone groups is 1. The average Bonchev–Trinajstić information content (AvgIpc) is 3.06. The molecule has 0 saturated heterocycles. The van der Waals surface area contributed by atoms with Gasteiger partial charge in [-0.1, -0.05) is 71.8 Å². The number of hydrogen-bond donors (Lipinski definition) is 1. The molecular weight excluding hydrogens is 610 g/mol. The molecule has 0 bridgehead atoms. The minimum Gasteiger partial charge on any atom is -0.423 e. The lowest BCUT2D eigenvalue weighted by Crippen LogP contribution is -2.33. The molecule has 5 rings (SSSR count). The summed E-state index contributed by atoms with van der Waals surface area (Å²) in [5.41, 5.74) is 5.45. The molecule has 226 valence electrons. The maximum Gasteiger partial charge on any atom is 0.343 e. The molecule has 0 radical (unpaired) electrons. The lowest BCUT2D eigenvalue weighted by molar-refractivity contribution is 0.0734. The van der Waals surface area contributed by atoms with Gasteiger partial charge in [-0.15, -0.1) is 0 Å². The van der Waals surface area contributed by atoms with Crippen LogP contribution in [0.4, 0.5) is 5.69 Å². The van der Waals surface area contributed by atoms with E-state index in [1.54, 1.807) is 115 Å². The summed E-state index contributed by atoms with van der Waals surface area (Å²) >= 11 is 6.06. The highest BCUT2D eigenvalue weighted by molar-refractivity contribution is 7.92. The van der Waals surface area contributed by atoms with Gasteiger partial charge < -0.3 is 4.74 Å². The van der Waals surface area contributed by atoms with Crippen LogP contribution in [0.25, 0.3) is 0 Å². The summed E-state index contributed by atoms with van der Waals surface area (Å²) in [6.07, 6.45) is 1.43. The Kier molecular flexibility index (Phi) is 9.72. The predicted molar refractivity (Wildman–Crippen MR) is 175 cm³/mol. The molecule has 45 heavy (non-hydrogen) atoms. The maximum absolute atomic E-state index is 14.0. The number of aryl methyl sites for hydroxylation is 1. The number of ether oxygens (including phenoxy) is 1. The lowest BCUT2D eigenvalue weighted by Gasteiger charge is -2.26. The van der Waals surface area contributed by atoms with Gasteiger partial charge in [-0.2, -0.15) is 5.10 Å². The van der Waals surface area contributed by atoms with Crippen molar-refractivity contribution < 1.29 is 22.7 Å². The van der Waals surface area contributed by atoms with Gasteiger partial charge in [-0.3, -0.25) is 9.10 Å². The van der Waals surface area contributed by atoms with E-state index < -0.39 is 21.9 Å². The molecule has 0 heterocycles. The number of sulfonamides is 1.